The zero-order valence-electron chi connectivity index (χ0n) is 16.7. The minimum atomic E-state index is -0.673. The second kappa shape index (κ2) is 11.2. The van der Waals surface area contributed by atoms with Crippen LogP contribution in [0.1, 0.15) is 6.92 Å². The standard InChI is InChI=1S/C22H22O8/c1-5-19(23)29-21-15(25-4)10-8-12-17(21)27-14-28-18-13-9-11-16(26-7-3)22(18)30-20(24)6-2/h5-6,8-13H,1-2,7,14H2,3-4H3. The Morgan fingerprint density at radius 1 is 0.800 bits per heavy atom. The summed E-state index contributed by atoms with van der Waals surface area (Å²) in [5.41, 5.74) is 0. The number of ether oxygens (including phenoxy) is 6. The van der Waals surface area contributed by atoms with Crippen LogP contribution >= 0.6 is 0 Å². The molecule has 0 radical (unpaired) electrons. The molecule has 0 unspecified atom stereocenters. The third kappa shape index (κ3) is 5.78. The Morgan fingerprint density at radius 2 is 1.23 bits per heavy atom. The first-order valence-electron chi connectivity index (χ1n) is 8.90. The highest BCUT2D eigenvalue weighted by Gasteiger charge is 2.17. The van der Waals surface area contributed by atoms with Gasteiger partial charge in [-0.25, -0.2) is 9.59 Å². The van der Waals surface area contributed by atoms with Crippen LogP contribution in [0.4, 0.5) is 0 Å². The fourth-order valence-electron chi connectivity index (χ4n) is 2.29. The van der Waals surface area contributed by atoms with E-state index in [-0.39, 0.29) is 29.8 Å². The van der Waals surface area contributed by atoms with Gasteiger partial charge in [-0.3, -0.25) is 0 Å². The lowest BCUT2D eigenvalue weighted by molar-refractivity contribution is -0.130. The number of methoxy groups -OCH3 is 1. The predicted octanol–water partition coefficient (Wildman–Crippen LogP) is 3.69. The number of para-hydroxylation sites is 2. The maximum Gasteiger partial charge on any atom is 0.335 e. The van der Waals surface area contributed by atoms with E-state index in [1.807, 2.05) is 0 Å². The van der Waals surface area contributed by atoms with Gasteiger partial charge < -0.3 is 28.4 Å². The number of rotatable bonds is 11. The predicted molar refractivity (Wildman–Crippen MR) is 108 cm³/mol. The number of carbonyl (C=O) groups is 2. The first-order chi connectivity index (χ1) is 14.5. The van der Waals surface area contributed by atoms with Crippen molar-refractivity contribution in [3.63, 3.8) is 0 Å². The molecule has 0 aromatic heterocycles. The molecule has 0 aliphatic carbocycles. The summed E-state index contributed by atoms with van der Waals surface area (Å²) in [7, 11) is 1.43. The Balaban J connectivity index is 2.21. The Bertz CT molecular complexity index is 919. The molecule has 0 bridgehead atoms. The van der Waals surface area contributed by atoms with Gasteiger partial charge in [0.25, 0.3) is 0 Å². The summed E-state index contributed by atoms with van der Waals surface area (Å²) in [5, 5.41) is 0. The minimum absolute atomic E-state index is 0.0786. The molecular weight excluding hydrogens is 392 g/mol. The van der Waals surface area contributed by atoms with Gasteiger partial charge in [0, 0.05) is 12.2 Å². The van der Waals surface area contributed by atoms with E-state index in [4.69, 9.17) is 28.4 Å². The highest BCUT2D eigenvalue weighted by Crippen LogP contribution is 2.39. The summed E-state index contributed by atoms with van der Waals surface area (Å²) in [4.78, 5) is 23.3. The maximum absolute atomic E-state index is 11.7. The van der Waals surface area contributed by atoms with Gasteiger partial charge in [0.2, 0.25) is 18.3 Å². The molecule has 2 rings (SSSR count). The molecule has 0 N–H and O–H groups in total. The third-order valence-corrected chi connectivity index (χ3v) is 3.57. The monoisotopic (exact) mass is 414 g/mol. The van der Waals surface area contributed by atoms with Gasteiger partial charge in [0.1, 0.15) is 0 Å². The van der Waals surface area contributed by atoms with Gasteiger partial charge in [-0.2, -0.15) is 0 Å². The number of esters is 2. The van der Waals surface area contributed by atoms with Crippen LogP contribution in [0.3, 0.4) is 0 Å². The largest absolute Gasteiger partial charge is 0.493 e. The highest BCUT2D eigenvalue weighted by molar-refractivity contribution is 5.85. The lowest BCUT2D eigenvalue weighted by atomic mass is 10.3. The van der Waals surface area contributed by atoms with Gasteiger partial charge in [0.15, 0.2) is 23.0 Å². The van der Waals surface area contributed by atoms with Crippen molar-refractivity contribution in [1.82, 2.24) is 0 Å². The molecule has 0 aliphatic heterocycles. The SMILES string of the molecule is C=CC(=O)Oc1c(OC)cccc1OCOc1cccc(OCC)c1OC(=O)C=C. The molecule has 8 heteroatoms. The topological polar surface area (TPSA) is 89.5 Å². The number of hydrogen-bond donors (Lipinski definition) is 0. The number of hydrogen-bond acceptors (Lipinski definition) is 8. The van der Waals surface area contributed by atoms with Crippen molar-refractivity contribution in [1.29, 1.82) is 0 Å². The van der Waals surface area contributed by atoms with Crippen molar-refractivity contribution in [2.75, 3.05) is 20.5 Å². The third-order valence-electron chi connectivity index (χ3n) is 3.57. The second-order valence-electron chi connectivity index (χ2n) is 5.46. The molecule has 0 aliphatic rings. The van der Waals surface area contributed by atoms with E-state index >= 15 is 0 Å². The van der Waals surface area contributed by atoms with Crippen LogP contribution in [0.25, 0.3) is 0 Å². The molecule has 0 saturated carbocycles. The summed E-state index contributed by atoms with van der Waals surface area (Å²) in [6.45, 7) is 8.61. The lowest BCUT2D eigenvalue weighted by Crippen LogP contribution is -2.12. The van der Waals surface area contributed by atoms with Crippen molar-refractivity contribution in [3.05, 3.63) is 61.7 Å². The van der Waals surface area contributed by atoms with Crippen LogP contribution in [0.15, 0.2) is 61.7 Å². The van der Waals surface area contributed by atoms with E-state index < -0.39 is 11.9 Å². The molecule has 0 saturated heterocycles. The fraction of sp³-hybridized carbons (Fsp3) is 0.182. The fourth-order valence-corrected chi connectivity index (χ4v) is 2.29. The summed E-state index contributed by atoms with van der Waals surface area (Å²) in [5.74, 6) is -0.132. The van der Waals surface area contributed by atoms with Crippen LogP contribution < -0.4 is 28.4 Å². The molecule has 8 nitrogen and oxygen atoms in total. The molecule has 0 amide bonds. The summed E-state index contributed by atoms with van der Waals surface area (Å²) in [6.07, 6.45) is 2.05. The Hall–Kier alpha value is -3.94. The van der Waals surface area contributed by atoms with Gasteiger partial charge in [-0.15, -0.1) is 0 Å². The molecular formula is C22H22O8. The smallest absolute Gasteiger partial charge is 0.335 e. The van der Waals surface area contributed by atoms with Crippen LogP contribution in [0.2, 0.25) is 0 Å². The zero-order valence-corrected chi connectivity index (χ0v) is 16.7. The first kappa shape index (κ1) is 22.4. The molecule has 2 aromatic carbocycles. The Kier molecular flexibility index (Phi) is 8.31. The van der Waals surface area contributed by atoms with E-state index in [1.54, 1.807) is 43.3 Å². The minimum Gasteiger partial charge on any atom is -0.493 e. The van der Waals surface area contributed by atoms with Gasteiger partial charge in [-0.05, 0) is 31.2 Å². The molecule has 158 valence electrons. The van der Waals surface area contributed by atoms with Crippen molar-refractivity contribution in [2.24, 2.45) is 0 Å². The van der Waals surface area contributed by atoms with Crippen molar-refractivity contribution >= 4 is 11.9 Å². The van der Waals surface area contributed by atoms with E-state index in [1.165, 1.54) is 7.11 Å². The quantitative estimate of drug-likeness (QED) is 0.238. The molecule has 0 atom stereocenters. The molecule has 2 aromatic rings. The van der Waals surface area contributed by atoms with E-state index in [0.29, 0.717) is 18.1 Å². The van der Waals surface area contributed by atoms with Crippen LogP contribution in [0, 0.1) is 0 Å². The van der Waals surface area contributed by atoms with Crippen molar-refractivity contribution < 1.29 is 38.0 Å². The van der Waals surface area contributed by atoms with E-state index in [9.17, 15) is 9.59 Å². The van der Waals surface area contributed by atoms with Gasteiger partial charge >= 0.3 is 11.9 Å². The Labute approximate surface area is 174 Å². The maximum atomic E-state index is 11.7. The van der Waals surface area contributed by atoms with Crippen molar-refractivity contribution in [2.45, 2.75) is 6.92 Å². The highest BCUT2D eigenvalue weighted by atomic mass is 16.7. The summed E-state index contributed by atoms with van der Waals surface area (Å²) in [6, 6.07) is 9.74. The van der Waals surface area contributed by atoms with E-state index in [2.05, 4.69) is 13.2 Å². The lowest BCUT2D eigenvalue weighted by Gasteiger charge is -2.16. The van der Waals surface area contributed by atoms with Crippen LogP contribution in [-0.2, 0) is 9.59 Å². The molecule has 30 heavy (non-hydrogen) atoms. The van der Waals surface area contributed by atoms with Crippen LogP contribution in [-0.4, -0.2) is 32.4 Å². The molecule has 0 heterocycles. The zero-order chi connectivity index (χ0) is 21.9. The first-order valence-corrected chi connectivity index (χ1v) is 8.90. The molecule has 0 fully saturated rings. The normalized spacial score (nSPS) is 9.80. The average molecular weight is 414 g/mol. The van der Waals surface area contributed by atoms with E-state index in [0.717, 1.165) is 12.2 Å². The summed E-state index contributed by atoms with van der Waals surface area (Å²) < 4.78 is 32.3. The average Bonchev–Trinajstić information content (AvgIpc) is 2.76. The second-order valence-corrected chi connectivity index (χ2v) is 5.46. The van der Waals surface area contributed by atoms with Crippen LogP contribution in [0.5, 0.6) is 34.5 Å². The number of benzene rings is 2. The number of carbonyl (C=O) groups excluding carboxylic acids is 2. The molecule has 0 spiro atoms. The summed E-state index contributed by atoms with van der Waals surface area (Å²) >= 11 is 0. The van der Waals surface area contributed by atoms with Crippen molar-refractivity contribution in [3.8, 4) is 34.5 Å². The van der Waals surface area contributed by atoms with Gasteiger partial charge in [-0.1, -0.05) is 25.3 Å². The van der Waals surface area contributed by atoms with Gasteiger partial charge in [0.05, 0.1) is 13.7 Å². The Morgan fingerprint density at radius 3 is 1.67 bits per heavy atom.